The summed E-state index contributed by atoms with van der Waals surface area (Å²) in [6.45, 7) is 3.96. The number of unbranched alkanes of at least 4 members (excludes halogenated alkanes) is 1. The summed E-state index contributed by atoms with van der Waals surface area (Å²) in [5.41, 5.74) is -1.15. The minimum atomic E-state index is -1.15. The summed E-state index contributed by atoms with van der Waals surface area (Å²) in [5, 5.41) is 11.8. The fraction of sp³-hybridized carbons (Fsp3) is 0.846. The maximum Gasteiger partial charge on any atom is 0.319 e. The standard InChI is InChI=1S/C13H23NO4/c1-2-3-9-18-10-5-8-14-11(15)13(12(16)17)6-4-7-13/h2-10H2,1H3,(H,14,15)(H,16,17). The Morgan fingerprint density at radius 3 is 2.44 bits per heavy atom. The van der Waals surface area contributed by atoms with Gasteiger partial charge in [-0.05, 0) is 25.7 Å². The largest absolute Gasteiger partial charge is 0.480 e. The molecular weight excluding hydrogens is 234 g/mol. The molecule has 0 atom stereocenters. The molecule has 18 heavy (non-hydrogen) atoms. The fourth-order valence-electron chi connectivity index (χ4n) is 1.96. The molecule has 0 aromatic heterocycles. The van der Waals surface area contributed by atoms with Gasteiger partial charge >= 0.3 is 5.97 Å². The van der Waals surface area contributed by atoms with E-state index < -0.39 is 11.4 Å². The van der Waals surface area contributed by atoms with Crippen LogP contribution in [0.2, 0.25) is 0 Å². The van der Waals surface area contributed by atoms with Crippen molar-refractivity contribution in [3.05, 3.63) is 0 Å². The van der Waals surface area contributed by atoms with Crippen LogP contribution in [0, 0.1) is 5.41 Å². The van der Waals surface area contributed by atoms with Crippen molar-refractivity contribution >= 4 is 11.9 Å². The van der Waals surface area contributed by atoms with Crippen LogP contribution in [0.25, 0.3) is 0 Å². The van der Waals surface area contributed by atoms with Gasteiger partial charge in [0, 0.05) is 19.8 Å². The lowest BCUT2D eigenvalue weighted by molar-refractivity contribution is -0.162. The van der Waals surface area contributed by atoms with E-state index in [2.05, 4.69) is 12.2 Å². The van der Waals surface area contributed by atoms with Gasteiger partial charge in [0.15, 0.2) is 0 Å². The summed E-state index contributed by atoms with van der Waals surface area (Å²) >= 11 is 0. The summed E-state index contributed by atoms with van der Waals surface area (Å²) in [5.74, 6) is -1.33. The topological polar surface area (TPSA) is 75.6 Å². The summed E-state index contributed by atoms with van der Waals surface area (Å²) in [4.78, 5) is 22.9. The number of ether oxygens (including phenoxy) is 1. The van der Waals surface area contributed by atoms with Crippen molar-refractivity contribution in [2.45, 2.75) is 45.4 Å². The van der Waals surface area contributed by atoms with Crippen LogP contribution in [0.3, 0.4) is 0 Å². The highest BCUT2D eigenvalue weighted by molar-refractivity contribution is 6.02. The summed E-state index contributed by atoms with van der Waals surface area (Å²) in [7, 11) is 0. The molecule has 0 radical (unpaired) electrons. The second-order valence-corrected chi connectivity index (χ2v) is 4.82. The van der Waals surface area contributed by atoms with Crippen LogP contribution in [0.4, 0.5) is 0 Å². The molecule has 0 saturated heterocycles. The van der Waals surface area contributed by atoms with Crippen molar-refractivity contribution in [2.24, 2.45) is 5.41 Å². The summed E-state index contributed by atoms with van der Waals surface area (Å²) < 4.78 is 5.36. The molecule has 5 nitrogen and oxygen atoms in total. The van der Waals surface area contributed by atoms with E-state index in [1.165, 1.54) is 0 Å². The van der Waals surface area contributed by atoms with Gasteiger partial charge in [0.1, 0.15) is 5.41 Å². The number of aliphatic carboxylic acids is 1. The molecule has 0 spiro atoms. The molecule has 1 aliphatic carbocycles. The van der Waals surface area contributed by atoms with Crippen LogP contribution in [-0.4, -0.2) is 36.7 Å². The third-order valence-corrected chi connectivity index (χ3v) is 3.44. The van der Waals surface area contributed by atoms with E-state index in [0.29, 0.717) is 26.0 Å². The maximum atomic E-state index is 11.8. The average Bonchev–Trinajstić information content (AvgIpc) is 2.25. The number of rotatable bonds is 9. The molecule has 1 saturated carbocycles. The molecule has 0 bridgehead atoms. The van der Waals surface area contributed by atoms with E-state index in [9.17, 15) is 9.59 Å². The van der Waals surface area contributed by atoms with Crippen LogP contribution < -0.4 is 5.32 Å². The van der Waals surface area contributed by atoms with E-state index >= 15 is 0 Å². The molecule has 104 valence electrons. The maximum absolute atomic E-state index is 11.8. The van der Waals surface area contributed by atoms with Crippen LogP contribution in [0.15, 0.2) is 0 Å². The Morgan fingerprint density at radius 2 is 1.94 bits per heavy atom. The molecule has 0 unspecified atom stereocenters. The Bertz CT molecular complexity index is 287. The Morgan fingerprint density at radius 1 is 1.28 bits per heavy atom. The number of nitrogens with one attached hydrogen (secondary N) is 1. The molecule has 1 amide bonds. The fourth-order valence-corrected chi connectivity index (χ4v) is 1.96. The van der Waals surface area contributed by atoms with E-state index in [-0.39, 0.29) is 5.91 Å². The number of hydrogen-bond acceptors (Lipinski definition) is 3. The molecule has 0 aromatic carbocycles. The molecule has 2 N–H and O–H groups in total. The number of carboxylic acids is 1. The Kier molecular flexibility index (Phi) is 6.12. The minimum Gasteiger partial charge on any atom is -0.480 e. The van der Waals surface area contributed by atoms with Gasteiger partial charge in [-0.1, -0.05) is 19.8 Å². The van der Waals surface area contributed by atoms with Gasteiger partial charge in [0.25, 0.3) is 0 Å². The predicted octanol–water partition coefficient (Wildman–Crippen LogP) is 1.56. The monoisotopic (exact) mass is 257 g/mol. The first-order valence-corrected chi connectivity index (χ1v) is 6.73. The van der Waals surface area contributed by atoms with Crippen molar-refractivity contribution < 1.29 is 19.4 Å². The van der Waals surface area contributed by atoms with E-state index in [0.717, 1.165) is 32.3 Å². The van der Waals surface area contributed by atoms with Gasteiger partial charge in [-0.25, -0.2) is 0 Å². The van der Waals surface area contributed by atoms with Gasteiger partial charge in [0.2, 0.25) is 5.91 Å². The number of carbonyl (C=O) groups is 2. The van der Waals surface area contributed by atoms with Crippen LogP contribution >= 0.6 is 0 Å². The molecule has 0 aromatic rings. The van der Waals surface area contributed by atoms with Gasteiger partial charge in [-0.15, -0.1) is 0 Å². The predicted molar refractivity (Wildman–Crippen MR) is 67.3 cm³/mol. The zero-order valence-corrected chi connectivity index (χ0v) is 11.0. The van der Waals surface area contributed by atoms with Crippen LogP contribution in [0.1, 0.15) is 45.4 Å². The molecule has 0 heterocycles. The lowest BCUT2D eigenvalue weighted by Gasteiger charge is -2.35. The van der Waals surface area contributed by atoms with Gasteiger partial charge in [0.05, 0.1) is 0 Å². The molecular formula is C13H23NO4. The third-order valence-electron chi connectivity index (χ3n) is 3.44. The van der Waals surface area contributed by atoms with Crippen LogP contribution in [-0.2, 0) is 14.3 Å². The van der Waals surface area contributed by atoms with Gasteiger partial charge in [-0.3, -0.25) is 9.59 Å². The Balaban J connectivity index is 2.12. The summed E-state index contributed by atoms with van der Waals surface area (Å²) in [6.07, 6.45) is 4.62. The zero-order chi connectivity index (χ0) is 13.4. The van der Waals surface area contributed by atoms with Crippen molar-refractivity contribution in [1.82, 2.24) is 5.32 Å². The SMILES string of the molecule is CCCCOCCCNC(=O)C1(C(=O)O)CCC1. The third kappa shape index (κ3) is 3.70. The van der Waals surface area contributed by atoms with E-state index in [1.54, 1.807) is 0 Å². The first-order valence-electron chi connectivity index (χ1n) is 6.73. The van der Waals surface area contributed by atoms with Gasteiger partial charge in [-0.2, -0.15) is 0 Å². The second-order valence-electron chi connectivity index (χ2n) is 4.82. The zero-order valence-electron chi connectivity index (χ0n) is 11.0. The highest BCUT2D eigenvalue weighted by Gasteiger charge is 2.50. The number of carbonyl (C=O) groups excluding carboxylic acids is 1. The normalized spacial score (nSPS) is 16.9. The molecule has 1 rings (SSSR count). The number of hydrogen-bond donors (Lipinski definition) is 2. The van der Waals surface area contributed by atoms with Gasteiger partial charge < -0.3 is 15.2 Å². The Labute approximate surface area is 108 Å². The molecule has 1 aliphatic rings. The Hall–Kier alpha value is -1.10. The first kappa shape index (κ1) is 15.0. The summed E-state index contributed by atoms with van der Waals surface area (Å²) in [6, 6.07) is 0. The highest BCUT2D eigenvalue weighted by Crippen LogP contribution is 2.41. The second kappa shape index (κ2) is 7.36. The minimum absolute atomic E-state index is 0.338. The highest BCUT2D eigenvalue weighted by atomic mass is 16.5. The van der Waals surface area contributed by atoms with Crippen molar-refractivity contribution in [1.29, 1.82) is 0 Å². The van der Waals surface area contributed by atoms with Crippen molar-refractivity contribution in [2.75, 3.05) is 19.8 Å². The number of carboxylic acid groups (broad SMARTS) is 1. The molecule has 0 aliphatic heterocycles. The average molecular weight is 257 g/mol. The lowest BCUT2D eigenvalue weighted by Crippen LogP contribution is -2.51. The lowest BCUT2D eigenvalue weighted by atomic mass is 9.68. The number of amides is 1. The van der Waals surface area contributed by atoms with Crippen LogP contribution in [0.5, 0.6) is 0 Å². The quantitative estimate of drug-likeness (QED) is 0.485. The van der Waals surface area contributed by atoms with E-state index in [1.807, 2.05) is 0 Å². The molecule has 1 fully saturated rings. The van der Waals surface area contributed by atoms with E-state index in [4.69, 9.17) is 9.84 Å². The molecule has 5 heteroatoms. The van der Waals surface area contributed by atoms with Crippen molar-refractivity contribution in [3.8, 4) is 0 Å². The first-order chi connectivity index (χ1) is 8.63. The van der Waals surface area contributed by atoms with Crippen molar-refractivity contribution in [3.63, 3.8) is 0 Å². The smallest absolute Gasteiger partial charge is 0.319 e.